The van der Waals surface area contributed by atoms with E-state index >= 15 is 0 Å². The summed E-state index contributed by atoms with van der Waals surface area (Å²) in [5, 5.41) is 17.2. The van der Waals surface area contributed by atoms with Gasteiger partial charge in [-0.2, -0.15) is 0 Å². The van der Waals surface area contributed by atoms with E-state index in [1.165, 1.54) is 115 Å². The van der Waals surface area contributed by atoms with Crippen LogP contribution in [0.2, 0.25) is 0 Å². The third-order valence-electron chi connectivity index (χ3n) is 4.88. The second kappa shape index (κ2) is 20.4. The van der Waals surface area contributed by atoms with E-state index in [0.717, 1.165) is 12.8 Å². The molecule has 2 nitrogen and oxygen atoms in total. The minimum absolute atomic E-state index is 0.526. The number of hydrogen-bond donors (Lipinski definition) is 2. The molecule has 0 aromatic rings. The van der Waals surface area contributed by atoms with Crippen molar-refractivity contribution in [1.29, 1.82) is 0 Å². The van der Waals surface area contributed by atoms with Gasteiger partial charge in [0, 0.05) is 0 Å². The molecule has 0 aliphatic heterocycles. The van der Waals surface area contributed by atoms with Crippen molar-refractivity contribution in [3.05, 3.63) is 12.0 Å². The van der Waals surface area contributed by atoms with Gasteiger partial charge in [-0.05, 0) is 18.9 Å². The van der Waals surface area contributed by atoms with Crippen molar-refractivity contribution < 1.29 is 10.2 Å². The van der Waals surface area contributed by atoms with Crippen molar-refractivity contribution in [3.63, 3.8) is 0 Å². The van der Waals surface area contributed by atoms with Crippen LogP contribution in [0.4, 0.5) is 0 Å². The summed E-state index contributed by atoms with van der Waals surface area (Å²) >= 11 is 0. The Labute approximate surface area is 151 Å². The topological polar surface area (TPSA) is 40.5 Å². The normalized spacial score (nSPS) is 10.9. The Morgan fingerprint density at radius 2 is 0.792 bits per heavy atom. The molecule has 2 N–H and O–H groups in total. The van der Waals surface area contributed by atoms with Crippen LogP contribution in [0.3, 0.4) is 0 Å². The Morgan fingerprint density at radius 3 is 1.08 bits per heavy atom. The highest BCUT2D eigenvalue weighted by molar-refractivity contribution is 4.78. The number of aliphatic hydroxyl groups excluding tert-OH is 1. The van der Waals surface area contributed by atoms with Crippen LogP contribution in [-0.2, 0) is 0 Å². The van der Waals surface area contributed by atoms with Crippen LogP contribution in [0, 0.1) is 0 Å². The second-order valence-corrected chi connectivity index (χ2v) is 7.36. The van der Waals surface area contributed by atoms with Gasteiger partial charge in [0.25, 0.3) is 5.95 Å². The highest BCUT2D eigenvalue weighted by Crippen LogP contribution is 2.14. The lowest BCUT2D eigenvalue weighted by molar-refractivity contribution is 0.189. The molecule has 24 heavy (non-hydrogen) atoms. The zero-order valence-corrected chi connectivity index (χ0v) is 16.4. The van der Waals surface area contributed by atoms with E-state index in [-0.39, 0.29) is 0 Å². The monoisotopic (exact) mass is 340 g/mol. The van der Waals surface area contributed by atoms with Crippen LogP contribution in [0.25, 0.3) is 0 Å². The molecule has 0 saturated heterocycles. The summed E-state index contributed by atoms with van der Waals surface area (Å²) in [7, 11) is 0. The lowest BCUT2D eigenvalue weighted by Gasteiger charge is -2.03. The van der Waals surface area contributed by atoms with Gasteiger partial charge < -0.3 is 10.2 Å². The van der Waals surface area contributed by atoms with E-state index in [4.69, 9.17) is 10.2 Å². The van der Waals surface area contributed by atoms with Gasteiger partial charge in [0.2, 0.25) is 0 Å². The number of allylic oxidation sites excluding steroid dienone is 1. The Kier molecular flexibility index (Phi) is 19.8. The Bertz CT molecular complexity index is 257. The van der Waals surface area contributed by atoms with Gasteiger partial charge in [-0.1, -0.05) is 116 Å². The molecule has 2 heteroatoms. The molecule has 0 aromatic carbocycles. The van der Waals surface area contributed by atoms with E-state index in [1.54, 1.807) is 0 Å². The van der Waals surface area contributed by atoms with Gasteiger partial charge in [0.1, 0.15) is 0 Å². The second-order valence-electron chi connectivity index (χ2n) is 7.36. The highest BCUT2D eigenvalue weighted by Gasteiger charge is 1.95. The number of rotatable bonds is 19. The molecule has 144 valence electrons. The summed E-state index contributed by atoms with van der Waals surface area (Å²) in [4.78, 5) is 0. The highest BCUT2D eigenvalue weighted by atomic mass is 16.5. The first-order valence-electron chi connectivity index (χ1n) is 10.9. The van der Waals surface area contributed by atoms with E-state index in [0.29, 0.717) is 0 Å². The summed E-state index contributed by atoms with van der Waals surface area (Å²) in [6, 6.07) is 0. The first-order valence-corrected chi connectivity index (χ1v) is 10.9. The lowest BCUT2D eigenvalue weighted by atomic mass is 10.0. The van der Waals surface area contributed by atoms with Gasteiger partial charge >= 0.3 is 0 Å². The zero-order valence-electron chi connectivity index (χ0n) is 16.4. The SMILES string of the molecule is CCCCCCCCCCCCCCCCCCCCC=C(O)O. The predicted octanol–water partition coefficient (Wildman–Crippen LogP) is 8.38. The average Bonchev–Trinajstić information content (AvgIpc) is 2.56. The first kappa shape index (κ1) is 23.3. The third-order valence-corrected chi connectivity index (χ3v) is 4.88. The maximum absolute atomic E-state index is 8.61. The fraction of sp³-hybridized carbons (Fsp3) is 0.909. The van der Waals surface area contributed by atoms with E-state index < -0.39 is 5.95 Å². The fourth-order valence-electron chi connectivity index (χ4n) is 3.28. The maximum atomic E-state index is 8.61. The minimum Gasteiger partial charge on any atom is -0.481 e. The van der Waals surface area contributed by atoms with Crippen LogP contribution in [-0.4, -0.2) is 10.2 Å². The molecule has 0 unspecified atom stereocenters. The largest absolute Gasteiger partial charge is 0.481 e. The Morgan fingerprint density at radius 1 is 0.500 bits per heavy atom. The van der Waals surface area contributed by atoms with Gasteiger partial charge in [-0.25, -0.2) is 0 Å². The molecule has 0 heterocycles. The van der Waals surface area contributed by atoms with Crippen LogP contribution < -0.4 is 0 Å². The van der Waals surface area contributed by atoms with E-state index in [1.807, 2.05) is 0 Å². The molecule has 0 aromatic heterocycles. The smallest absolute Gasteiger partial charge is 0.269 e. The van der Waals surface area contributed by atoms with Crippen LogP contribution >= 0.6 is 0 Å². The molecule has 0 fully saturated rings. The minimum atomic E-state index is -0.526. The third kappa shape index (κ3) is 21.3. The molecule has 0 rings (SSSR count). The number of aliphatic hydroxyl groups is 2. The Balaban J connectivity index is 2.99. The number of hydrogen-bond acceptors (Lipinski definition) is 2. The van der Waals surface area contributed by atoms with Crippen molar-refractivity contribution in [2.45, 2.75) is 129 Å². The summed E-state index contributed by atoms with van der Waals surface area (Å²) in [6.45, 7) is 2.28. The quantitative estimate of drug-likeness (QED) is 0.183. The zero-order chi connectivity index (χ0) is 17.7. The molecule has 0 aliphatic carbocycles. The van der Waals surface area contributed by atoms with Crippen molar-refractivity contribution in [2.24, 2.45) is 0 Å². The summed E-state index contributed by atoms with van der Waals surface area (Å²) < 4.78 is 0. The molecule has 0 spiro atoms. The van der Waals surface area contributed by atoms with E-state index in [9.17, 15) is 0 Å². The average molecular weight is 341 g/mol. The van der Waals surface area contributed by atoms with Gasteiger partial charge in [0.15, 0.2) is 0 Å². The molecule has 0 atom stereocenters. The lowest BCUT2D eigenvalue weighted by Crippen LogP contribution is -1.84. The summed E-state index contributed by atoms with van der Waals surface area (Å²) in [5.41, 5.74) is 0. The van der Waals surface area contributed by atoms with Crippen molar-refractivity contribution in [1.82, 2.24) is 0 Å². The molecular formula is C22H44O2. The molecular weight excluding hydrogens is 296 g/mol. The first-order chi connectivity index (χ1) is 11.8. The van der Waals surface area contributed by atoms with E-state index in [2.05, 4.69) is 6.92 Å². The molecule has 0 aliphatic rings. The predicted molar refractivity (Wildman–Crippen MR) is 107 cm³/mol. The van der Waals surface area contributed by atoms with Crippen molar-refractivity contribution in [2.75, 3.05) is 0 Å². The molecule has 0 radical (unpaired) electrons. The maximum Gasteiger partial charge on any atom is 0.269 e. The van der Waals surface area contributed by atoms with Gasteiger partial charge in [-0.15, -0.1) is 0 Å². The van der Waals surface area contributed by atoms with Crippen molar-refractivity contribution >= 4 is 0 Å². The van der Waals surface area contributed by atoms with Crippen LogP contribution in [0.15, 0.2) is 12.0 Å². The Hall–Kier alpha value is -0.660. The molecule has 0 amide bonds. The fourth-order valence-corrected chi connectivity index (χ4v) is 3.28. The molecule has 0 saturated carbocycles. The van der Waals surface area contributed by atoms with Crippen molar-refractivity contribution in [3.8, 4) is 0 Å². The summed E-state index contributed by atoms with van der Waals surface area (Å²) in [5.74, 6) is -0.526. The van der Waals surface area contributed by atoms with Gasteiger partial charge in [-0.3, -0.25) is 0 Å². The van der Waals surface area contributed by atoms with Crippen LogP contribution in [0.5, 0.6) is 0 Å². The van der Waals surface area contributed by atoms with Crippen LogP contribution in [0.1, 0.15) is 129 Å². The standard InChI is InChI=1S/C22H44O2/c1-2-3-4-5-6-7-8-9-10-11-12-13-14-15-16-17-18-19-20-21-22(23)24/h21,23-24H,2-20H2,1H3. The number of unbranched alkanes of at least 4 members (excludes halogenated alkanes) is 18. The van der Waals surface area contributed by atoms with Gasteiger partial charge in [0.05, 0.1) is 0 Å². The molecule has 0 bridgehead atoms. The summed E-state index contributed by atoms with van der Waals surface area (Å²) in [6.07, 6.45) is 27.2.